The third kappa shape index (κ3) is 5.64. The Morgan fingerprint density at radius 2 is 1.97 bits per heavy atom. The molecule has 0 radical (unpaired) electrons. The number of rotatable bonds is 9. The molecule has 1 unspecified atom stereocenters. The van der Waals surface area contributed by atoms with Gasteiger partial charge >= 0.3 is 5.97 Å². The maximum atomic E-state index is 10.8. The van der Waals surface area contributed by atoms with Crippen LogP contribution in [0, 0.1) is 6.92 Å². The normalized spacial score (nSPS) is 16.8. The Bertz CT molecular complexity index is 869. The predicted octanol–water partition coefficient (Wildman–Crippen LogP) is 3.44. The zero-order valence-electron chi connectivity index (χ0n) is 17.7. The zero-order valence-corrected chi connectivity index (χ0v) is 17.7. The first-order valence-corrected chi connectivity index (χ1v) is 10.00. The second kappa shape index (κ2) is 10.3. The van der Waals surface area contributed by atoms with Crippen molar-refractivity contribution in [1.29, 1.82) is 0 Å². The second-order valence-corrected chi connectivity index (χ2v) is 7.30. The van der Waals surface area contributed by atoms with Crippen LogP contribution in [0.4, 0.5) is 0 Å². The molecule has 7 nitrogen and oxygen atoms in total. The Kier molecular flexibility index (Phi) is 7.54. The summed E-state index contributed by atoms with van der Waals surface area (Å²) in [4.78, 5) is 13.0. The fourth-order valence-corrected chi connectivity index (χ4v) is 3.58. The van der Waals surface area contributed by atoms with Crippen LogP contribution >= 0.6 is 0 Å². The summed E-state index contributed by atoms with van der Waals surface area (Å²) in [6.07, 6.45) is 0.0849. The first kappa shape index (κ1) is 21.9. The summed E-state index contributed by atoms with van der Waals surface area (Å²) in [6, 6.07) is 11.7. The van der Waals surface area contributed by atoms with E-state index in [-0.39, 0.29) is 12.5 Å². The largest absolute Gasteiger partial charge is 0.493 e. The monoisotopic (exact) mass is 415 g/mol. The molecule has 1 heterocycles. The van der Waals surface area contributed by atoms with E-state index in [9.17, 15) is 4.79 Å². The molecule has 30 heavy (non-hydrogen) atoms. The van der Waals surface area contributed by atoms with Gasteiger partial charge in [0.25, 0.3) is 0 Å². The summed E-state index contributed by atoms with van der Waals surface area (Å²) >= 11 is 0. The smallest absolute Gasteiger partial charge is 0.304 e. The van der Waals surface area contributed by atoms with Crippen LogP contribution in [0.15, 0.2) is 36.4 Å². The van der Waals surface area contributed by atoms with Crippen molar-refractivity contribution in [3.63, 3.8) is 0 Å². The van der Waals surface area contributed by atoms with Crippen LogP contribution in [-0.4, -0.2) is 56.4 Å². The van der Waals surface area contributed by atoms with Gasteiger partial charge in [-0.1, -0.05) is 12.1 Å². The average molecular weight is 415 g/mol. The molecule has 1 aliphatic heterocycles. The molecular weight excluding hydrogens is 386 g/mol. The molecule has 0 aromatic heterocycles. The van der Waals surface area contributed by atoms with E-state index in [1.807, 2.05) is 43.3 Å². The summed E-state index contributed by atoms with van der Waals surface area (Å²) in [6.45, 7) is 5.05. The third-order valence-electron chi connectivity index (χ3n) is 5.23. The predicted molar refractivity (Wildman–Crippen MR) is 112 cm³/mol. The van der Waals surface area contributed by atoms with Crippen molar-refractivity contribution in [1.82, 2.24) is 4.90 Å². The molecule has 3 rings (SSSR count). The van der Waals surface area contributed by atoms with Crippen LogP contribution in [-0.2, 0) is 16.1 Å². The summed E-state index contributed by atoms with van der Waals surface area (Å²) in [5, 5.41) is 8.91. The molecule has 1 N–H and O–H groups in total. The van der Waals surface area contributed by atoms with Gasteiger partial charge in [-0.15, -0.1) is 0 Å². The van der Waals surface area contributed by atoms with Crippen molar-refractivity contribution in [2.24, 2.45) is 0 Å². The van der Waals surface area contributed by atoms with Gasteiger partial charge < -0.3 is 24.1 Å². The fourth-order valence-electron chi connectivity index (χ4n) is 3.58. The van der Waals surface area contributed by atoms with Gasteiger partial charge in [-0.2, -0.15) is 0 Å². The molecule has 0 aliphatic carbocycles. The average Bonchev–Trinajstić information content (AvgIpc) is 2.76. The van der Waals surface area contributed by atoms with Crippen molar-refractivity contribution in [2.75, 3.05) is 40.5 Å². The van der Waals surface area contributed by atoms with E-state index in [1.165, 1.54) is 0 Å². The van der Waals surface area contributed by atoms with E-state index in [4.69, 9.17) is 24.1 Å². The molecule has 0 spiro atoms. The van der Waals surface area contributed by atoms with E-state index in [1.54, 1.807) is 14.2 Å². The highest BCUT2D eigenvalue weighted by molar-refractivity contribution is 5.66. The van der Waals surface area contributed by atoms with Crippen LogP contribution in [0.2, 0.25) is 0 Å². The van der Waals surface area contributed by atoms with E-state index in [0.29, 0.717) is 37.8 Å². The van der Waals surface area contributed by atoms with Gasteiger partial charge in [0.05, 0.1) is 33.4 Å². The van der Waals surface area contributed by atoms with Crippen molar-refractivity contribution < 1.29 is 28.8 Å². The highest BCUT2D eigenvalue weighted by Gasteiger charge is 2.23. The minimum Gasteiger partial charge on any atom is -0.493 e. The van der Waals surface area contributed by atoms with Crippen molar-refractivity contribution in [2.45, 2.75) is 26.1 Å². The van der Waals surface area contributed by atoms with Crippen LogP contribution in [0.25, 0.3) is 0 Å². The lowest BCUT2D eigenvalue weighted by atomic mass is 10.0. The number of ether oxygens (including phenoxy) is 4. The van der Waals surface area contributed by atoms with Crippen molar-refractivity contribution in [3.05, 3.63) is 53.1 Å². The second-order valence-electron chi connectivity index (χ2n) is 7.30. The molecule has 162 valence electrons. The van der Waals surface area contributed by atoms with Gasteiger partial charge in [-0.05, 0) is 47.9 Å². The van der Waals surface area contributed by atoms with Crippen molar-refractivity contribution in [3.8, 4) is 17.2 Å². The number of morpholine rings is 1. The van der Waals surface area contributed by atoms with Gasteiger partial charge in [0.2, 0.25) is 0 Å². The molecule has 7 heteroatoms. The molecule has 0 bridgehead atoms. The molecule has 0 saturated carbocycles. The fraction of sp³-hybridized carbons (Fsp3) is 0.435. The van der Waals surface area contributed by atoms with Crippen LogP contribution in [0.3, 0.4) is 0 Å². The number of hydrogen-bond donors (Lipinski definition) is 1. The molecule has 2 aromatic carbocycles. The van der Waals surface area contributed by atoms with Crippen LogP contribution < -0.4 is 14.2 Å². The zero-order chi connectivity index (χ0) is 21.5. The Morgan fingerprint density at radius 1 is 1.17 bits per heavy atom. The van der Waals surface area contributed by atoms with E-state index in [0.717, 1.165) is 29.0 Å². The Labute approximate surface area is 177 Å². The van der Waals surface area contributed by atoms with E-state index >= 15 is 0 Å². The van der Waals surface area contributed by atoms with Gasteiger partial charge in [0.15, 0.2) is 11.5 Å². The third-order valence-corrected chi connectivity index (χ3v) is 5.23. The first-order valence-electron chi connectivity index (χ1n) is 10.00. The molecule has 1 saturated heterocycles. The minimum atomic E-state index is -0.773. The maximum absolute atomic E-state index is 10.8. The number of carboxylic acid groups (broad SMARTS) is 1. The van der Waals surface area contributed by atoms with E-state index < -0.39 is 5.97 Å². The number of nitrogens with zero attached hydrogens (tertiary/aromatic N) is 1. The molecular formula is C23H29NO6. The number of hydrogen-bond acceptors (Lipinski definition) is 6. The van der Waals surface area contributed by atoms with Crippen LogP contribution in [0.1, 0.15) is 29.2 Å². The molecule has 0 amide bonds. The highest BCUT2D eigenvalue weighted by Crippen LogP contribution is 2.30. The number of carbonyl (C=O) groups is 1. The Morgan fingerprint density at radius 3 is 2.67 bits per heavy atom. The lowest BCUT2D eigenvalue weighted by Gasteiger charge is -2.33. The highest BCUT2D eigenvalue weighted by atomic mass is 16.5. The Balaban J connectivity index is 1.62. The number of aliphatic carboxylic acids is 1. The molecule has 1 aliphatic rings. The maximum Gasteiger partial charge on any atom is 0.304 e. The van der Waals surface area contributed by atoms with Gasteiger partial charge in [-0.25, -0.2) is 0 Å². The summed E-state index contributed by atoms with van der Waals surface area (Å²) in [7, 11) is 3.22. The number of benzene rings is 2. The number of carboxylic acids is 1. The number of methoxy groups -OCH3 is 2. The molecule has 2 aromatic rings. The Hall–Kier alpha value is -2.77. The quantitative estimate of drug-likeness (QED) is 0.672. The van der Waals surface area contributed by atoms with Gasteiger partial charge in [0, 0.05) is 19.6 Å². The number of aryl methyl sites for hydroxylation is 1. The summed E-state index contributed by atoms with van der Waals surface area (Å²) in [5.74, 6) is 1.37. The summed E-state index contributed by atoms with van der Waals surface area (Å²) in [5.41, 5.74) is 3.18. The lowest BCUT2D eigenvalue weighted by molar-refractivity contribution is -0.137. The van der Waals surface area contributed by atoms with Gasteiger partial charge in [-0.3, -0.25) is 9.69 Å². The first-order chi connectivity index (χ1) is 14.5. The van der Waals surface area contributed by atoms with E-state index in [2.05, 4.69) is 4.90 Å². The van der Waals surface area contributed by atoms with Crippen molar-refractivity contribution >= 4 is 5.97 Å². The standard InChI is InChI=1S/C23H29NO6/c1-16-12-18(30-15-17-4-7-20(27-2)21(13-17)28-3)5-6-19(16)22-14-24(10-11-29-22)9-8-23(25)26/h4-7,12-13,22H,8-11,14-15H2,1-3H3,(H,25,26). The molecule has 1 atom stereocenters. The van der Waals surface area contributed by atoms with Crippen LogP contribution in [0.5, 0.6) is 17.2 Å². The summed E-state index contributed by atoms with van der Waals surface area (Å²) < 4.78 is 22.5. The molecule has 1 fully saturated rings. The lowest BCUT2D eigenvalue weighted by Crippen LogP contribution is -2.39. The topological polar surface area (TPSA) is 77.5 Å². The SMILES string of the molecule is COc1ccc(COc2ccc(C3CN(CCC(=O)O)CCO3)c(C)c2)cc1OC. The minimum absolute atomic E-state index is 0.0626. The van der Waals surface area contributed by atoms with Gasteiger partial charge in [0.1, 0.15) is 12.4 Å².